The third-order valence-electron chi connectivity index (χ3n) is 10.3. The summed E-state index contributed by atoms with van der Waals surface area (Å²) in [5, 5.41) is 5.99. The van der Waals surface area contributed by atoms with Crippen molar-refractivity contribution in [3.8, 4) is 0 Å². The molecular formula is C49H71N9O9. The van der Waals surface area contributed by atoms with Gasteiger partial charge in [0.05, 0.1) is 6.54 Å². The maximum atomic E-state index is 13.2. The number of unbranched alkanes of at least 4 members (excludes halogenated alkanes) is 3. The fourth-order valence-corrected chi connectivity index (χ4v) is 6.82. The first-order valence-electron chi connectivity index (χ1n) is 23.4. The molecule has 0 fully saturated rings. The fraction of sp³-hybridized carbons (Fsp3) is 0.551. The summed E-state index contributed by atoms with van der Waals surface area (Å²) in [6, 6.07) is 16.3. The number of nitrogens with two attached hydrogens (primary N) is 1. The molecule has 18 nitrogen and oxygen atoms in total. The second-order valence-electron chi connectivity index (χ2n) is 18.5. The molecule has 0 saturated heterocycles. The topological polar surface area (TPSA) is 233 Å². The van der Waals surface area contributed by atoms with E-state index < -0.39 is 23.4 Å². The Morgan fingerprint density at radius 2 is 1.31 bits per heavy atom. The molecule has 4 aromatic rings. The summed E-state index contributed by atoms with van der Waals surface area (Å²) in [6.07, 6.45) is 3.97. The van der Waals surface area contributed by atoms with Crippen LogP contribution in [0.25, 0.3) is 11.2 Å². The van der Waals surface area contributed by atoms with E-state index in [1.54, 1.807) is 54.8 Å². The molecule has 67 heavy (non-hydrogen) atoms. The first kappa shape index (κ1) is 53.2. The highest BCUT2D eigenvalue weighted by molar-refractivity contribution is 5.98. The minimum Gasteiger partial charge on any atom is -0.461 e. The first-order chi connectivity index (χ1) is 31.8. The van der Waals surface area contributed by atoms with Crippen LogP contribution in [0.3, 0.4) is 0 Å². The number of nitrogen functional groups attached to an aromatic ring is 1. The molecule has 0 unspecified atom stereocenters. The first-order valence-corrected chi connectivity index (χ1v) is 23.4. The molecule has 0 radical (unpaired) electrons. The summed E-state index contributed by atoms with van der Waals surface area (Å²) < 4.78 is 18.2. The summed E-state index contributed by atoms with van der Waals surface area (Å²) in [7, 11) is 0. The minimum absolute atomic E-state index is 0.00271. The number of esters is 1. The molecule has 0 atom stereocenters. The van der Waals surface area contributed by atoms with E-state index in [-0.39, 0.29) is 68.1 Å². The number of nitrogens with one attached hydrogen (secondary N) is 3. The lowest BCUT2D eigenvalue weighted by molar-refractivity contribution is -0.145. The van der Waals surface area contributed by atoms with Gasteiger partial charge in [-0.1, -0.05) is 67.9 Å². The number of Topliss-reactive ketones (excluding diaryl/α,β-unsaturated/α-hetero) is 1. The van der Waals surface area contributed by atoms with Crippen molar-refractivity contribution >= 4 is 52.8 Å². The number of imidazole rings is 1. The molecular weight excluding hydrogens is 859 g/mol. The molecule has 0 spiro atoms. The second-order valence-corrected chi connectivity index (χ2v) is 18.5. The van der Waals surface area contributed by atoms with Crippen LogP contribution in [0.15, 0.2) is 59.4 Å². The largest absolute Gasteiger partial charge is 0.461 e. The van der Waals surface area contributed by atoms with E-state index >= 15 is 0 Å². The molecule has 2 heterocycles. The average Bonchev–Trinajstić information content (AvgIpc) is 3.58. The Balaban J connectivity index is 1.21. The van der Waals surface area contributed by atoms with Crippen molar-refractivity contribution in [2.45, 2.75) is 137 Å². The number of carbonyl (C=O) groups is 5. The van der Waals surface area contributed by atoms with E-state index in [9.17, 15) is 28.8 Å². The number of fused-ring (bicyclic) bond motifs is 1. The number of carbonyl (C=O) groups excluding carboxylic acids is 5. The van der Waals surface area contributed by atoms with E-state index in [1.807, 2.05) is 51.1 Å². The minimum atomic E-state index is -0.714. The third kappa shape index (κ3) is 19.1. The Labute approximate surface area is 393 Å². The highest BCUT2D eigenvalue weighted by Crippen LogP contribution is 2.19. The van der Waals surface area contributed by atoms with Crippen LogP contribution in [0.2, 0.25) is 0 Å². The van der Waals surface area contributed by atoms with Crippen molar-refractivity contribution in [1.29, 1.82) is 0 Å². The number of hydrogen-bond donors (Lipinski definition) is 4. The van der Waals surface area contributed by atoms with E-state index in [4.69, 9.17) is 19.9 Å². The highest BCUT2D eigenvalue weighted by Gasteiger charge is 2.24. The Morgan fingerprint density at radius 1 is 0.716 bits per heavy atom. The number of aromatic amines is 1. The zero-order valence-electron chi connectivity index (χ0n) is 40.4. The molecule has 4 rings (SSSR count). The molecule has 0 aliphatic rings. The van der Waals surface area contributed by atoms with Crippen molar-refractivity contribution in [1.82, 2.24) is 34.6 Å². The number of ketones is 1. The summed E-state index contributed by atoms with van der Waals surface area (Å²) in [5.41, 5.74) is 7.19. The lowest BCUT2D eigenvalue weighted by Crippen LogP contribution is -2.40. The predicted octanol–water partition coefficient (Wildman–Crippen LogP) is 7.60. The zero-order chi connectivity index (χ0) is 49.0. The summed E-state index contributed by atoms with van der Waals surface area (Å²) in [4.78, 5) is 92.0. The highest BCUT2D eigenvalue weighted by atomic mass is 16.6. The zero-order valence-corrected chi connectivity index (χ0v) is 40.4. The Hall–Kier alpha value is -6.46. The van der Waals surface area contributed by atoms with Gasteiger partial charge in [0.1, 0.15) is 23.3 Å². The maximum Gasteiger partial charge on any atom is 0.410 e. The summed E-state index contributed by atoms with van der Waals surface area (Å²) in [6.45, 7) is 15.7. The number of H-pyrrole nitrogens is 1. The molecule has 2 aromatic heterocycles. The number of rotatable bonds is 26. The van der Waals surface area contributed by atoms with Crippen LogP contribution >= 0.6 is 0 Å². The second kappa shape index (κ2) is 26.0. The monoisotopic (exact) mass is 930 g/mol. The van der Waals surface area contributed by atoms with Crippen LogP contribution in [0.4, 0.5) is 21.4 Å². The Morgan fingerprint density at radius 3 is 1.91 bits per heavy atom. The number of benzene rings is 2. The van der Waals surface area contributed by atoms with Gasteiger partial charge in [-0.3, -0.25) is 19.0 Å². The molecule has 0 saturated carbocycles. The van der Waals surface area contributed by atoms with E-state index in [0.717, 1.165) is 24.0 Å². The van der Waals surface area contributed by atoms with Crippen LogP contribution in [0, 0.1) is 0 Å². The van der Waals surface area contributed by atoms with Gasteiger partial charge >= 0.3 is 23.8 Å². The third-order valence-corrected chi connectivity index (χ3v) is 10.3. The molecule has 366 valence electrons. The molecule has 2 aromatic carbocycles. The van der Waals surface area contributed by atoms with Crippen LogP contribution in [-0.4, -0.2) is 110 Å². The van der Waals surface area contributed by atoms with E-state index in [1.165, 1.54) is 4.57 Å². The number of nitrogens with zero attached hydrogens (tertiary/aromatic N) is 5. The summed E-state index contributed by atoms with van der Waals surface area (Å²) in [5.74, 6) is -0.273. The number of hydrogen-bond acceptors (Lipinski definition) is 13. The van der Waals surface area contributed by atoms with Crippen molar-refractivity contribution in [2.75, 3.05) is 50.3 Å². The predicted molar refractivity (Wildman–Crippen MR) is 258 cm³/mol. The quantitative estimate of drug-likeness (QED) is 0.0206. The Kier molecular flexibility index (Phi) is 20.7. The average molecular weight is 930 g/mol. The standard InChI is InChI=1S/C49H71N9O9/c1-8-9-27-52-44-54-42(50)41-43(55-44)58(45(62)53-41)33-35-21-23-37(24-22-35)38(59)25-26-39(60)51-28-17-32-57(47(64)67-49(5,6)7)31-16-15-30-56(46(63)66-48(2,3)4)29-14-13-20-40(61)65-34-36-18-11-10-12-19-36/h10-12,18-19,21-24H,8-9,13-17,20,25-34H2,1-7H3,(H,51,60)(H,53,62)(H3,50,52,54,55). The molecule has 0 aliphatic carbocycles. The van der Waals surface area contributed by atoms with Gasteiger partial charge in [-0.25, -0.2) is 14.4 Å². The molecule has 3 amide bonds. The van der Waals surface area contributed by atoms with Crippen molar-refractivity contribution in [3.05, 3.63) is 81.8 Å². The lowest BCUT2D eigenvalue weighted by Gasteiger charge is -2.29. The SMILES string of the molecule is CCCCNc1nc(N)c2[nH]c(=O)n(Cc3ccc(C(=O)CCC(=O)NCCCN(CCCCN(CCCCC(=O)OCc4ccccc4)C(=O)OC(C)(C)C)C(=O)OC(C)(C)C)cc3)c2n1. The molecule has 0 bridgehead atoms. The van der Waals surface area contributed by atoms with Crippen LogP contribution in [0.5, 0.6) is 0 Å². The fourth-order valence-electron chi connectivity index (χ4n) is 6.82. The van der Waals surface area contributed by atoms with Crippen molar-refractivity contribution in [3.63, 3.8) is 0 Å². The van der Waals surface area contributed by atoms with Gasteiger partial charge in [0, 0.05) is 64.1 Å². The van der Waals surface area contributed by atoms with Gasteiger partial charge < -0.3 is 45.4 Å². The number of amides is 3. The number of anilines is 2. The summed E-state index contributed by atoms with van der Waals surface area (Å²) >= 11 is 0. The van der Waals surface area contributed by atoms with Crippen LogP contribution in [0.1, 0.15) is 134 Å². The van der Waals surface area contributed by atoms with Gasteiger partial charge in [-0.05, 0) is 91.2 Å². The van der Waals surface area contributed by atoms with Gasteiger partial charge in [0.25, 0.3) is 0 Å². The van der Waals surface area contributed by atoms with Crippen LogP contribution in [-0.2, 0) is 37.0 Å². The Bertz CT molecular complexity index is 2280. The maximum absolute atomic E-state index is 13.2. The molecule has 0 aliphatic heterocycles. The number of ether oxygens (including phenoxy) is 3. The van der Waals surface area contributed by atoms with Gasteiger partial charge in [-0.15, -0.1) is 0 Å². The normalized spacial score (nSPS) is 11.5. The molecule has 18 heteroatoms. The van der Waals surface area contributed by atoms with Crippen molar-refractivity contribution in [2.24, 2.45) is 0 Å². The van der Waals surface area contributed by atoms with E-state index in [0.29, 0.717) is 87.5 Å². The van der Waals surface area contributed by atoms with Gasteiger partial charge in [0.2, 0.25) is 11.9 Å². The molecule has 5 N–H and O–H groups in total. The van der Waals surface area contributed by atoms with Gasteiger partial charge in [-0.2, -0.15) is 9.97 Å². The smallest absolute Gasteiger partial charge is 0.410 e. The number of aromatic nitrogens is 4. The van der Waals surface area contributed by atoms with Gasteiger partial charge in [0.15, 0.2) is 17.2 Å². The lowest BCUT2D eigenvalue weighted by atomic mass is 10.0. The van der Waals surface area contributed by atoms with Crippen LogP contribution < -0.4 is 22.1 Å². The van der Waals surface area contributed by atoms with Crippen molar-refractivity contribution < 1.29 is 38.2 Å². The van der Waals surface area contributed by atoms with E-state index in [2.05, 4.69) is 32.5 Å².